The number of nitrogens with zero attached hydrogens (tertiary/aromatic N) is 1. The van der Waals surface area contributed by atoms with Gasteiger partial charge in [0.25, 0.3) is 6.43 Å². The lowest BCUT2D eigenvalue weighted by Crippen LogP contribution is -2.13. The van der Waals surface area contributed by atoms with Crippen molar-refractivity contribution in [3.8, 4) is 0 Å². The van der Waals surface area contributed by atoms with E-state index in [9.17, 15) is 26.7 Å². The molecular formula is C8H3ClF5NO. The second-order valence-electron chi connectivity index (χ2n) is 2.71. The molecule has 2 nitrogen and oxygen atoms in total. The Labute approximate surface area is 91.0 Å². The van der Waals surface area contributed by atoms with Gasteiger partial charge in [0.05, 0.1) is 16.1 Å². The normalized spacial score (nSPS) is 11.9. The van der Waals surface area contributed by atoms with Gasteiger partial charge < -0.3 is 0 Å². The zero-order valence-electron chi connectivity index (χ0n) is 7.36. The van der Waals surface area contributed by atoms with Gasteiger partial charge in [-0.2, -0.15) is 13.2 Å². The lowest BCUT2D eigenvalue weighted by molar-refractivity contribution is -0.141. The van der Waals surface area contributed by atoms with Crippen molar-refractivity contribution in [1.29, 1.82) is 0 Å². The van der Waals surface area contributed by atoms with Crippen LogP contribution in [0.4, 0.5) is 22.0 Å². The van der Waals surface area contributed by atoms with Gasteiger partial charge in [0.2, 0.25) is 0 Å². The Morgan fingerprint density at radius 1 is 1.38 bits per heavy atom. The number of aromatic nitrogens is 1. The highest BCUT2D eigenvalue weighted by Crippen LogP contribution is 2.36. The van der Waals surface area contributed by atoms with Crippen molar-refractivity contribution in [2.24, 2.45) is 0 Å². The summed E-state index contributed by atoms with van der Waals surface area (Å²) in [6.07, 6.45) is -7.95. The fourth-order valence-corrected chi connectivity index (χ4v) is 1.27. The second-order valence-corrected chi connectivity index (χ2v) is 3.08. The third-order valence-electron chi connectivity index (χ3n) is 1.70. The maximum absolute atomic E-state index is 12.3. The molecule has 0 aromatic carbocycles. The smallest absolute Gasteiger partial charge is 0.298 e. The van der Waals surface area contributed by atoms with Gasteiger partial charge in [-0.1, -0.05) is 11.6 Å². The van der Waals surface area contributed by atoms with Gasteiger partial charge >= 0.3 is 6.18 Å². The van der Waals surface area contributed by atoms with E-state index in [2.05, 4.69) is 4.98 Å². The van der Waals surface area contributed by atoms with Gasteiger partial charge in [0.1, 0.15) is 0 Å². The quantitative estimate of drug-likeness (QED) is 0.601. The molecule has 0 saturated carbocycles. The summed E-state index contributed by atoms with van der Waals surface area (Å²) in [6, 6.07) is 0. The van der Waals surface area contributed by atoms with E-state index in [-0.39, 0.29) is 6.29 Å². The monoisotopic (exact) mass is 259 g/mol. The molecule has 0 unspecified atom stereocenters. The first-order valence-electron chi connectivity index (χ1n) is 3.78. The minimum absolute atomic E-state index is 0.246. The van der Waals surface area contributed by atoms with Crippen LogP contribution in [0.2, 0.25) is 5.02 Å². The molecule has 0 radical (unpaired) electrons. The van der Waals surface area contributed by atoms with E-state index in [1.807, 2.05) is 0 Å². The molecule has 88 valence electrons. The molecule has 0 atom stereocenters. The molecule has 0 aliphatic carbocycles. The summed E-state index contributed by atoms with van der Waals surface area (Å²) in [7, 11) is 0. The highest BCUT2D eigenvalue weighted by molar-refractivity contribution is 6.33. The second kappa shape index (κ2) is 4.32. The maximum atomic E-state index is 12.3. The molecule has 16 heavy (non-hydrogen) atoms. The van der Waals surface area contributed by atoms with Gasteiger partial charge in [0, 0.05) is 6.20 Å². The van der Waals surface area contributed by atoms with E-state index in [0.717, 1.165) is 0 Å². The number of pyridine rings is 1. The van der Waals surface area contributed by atoms with Crippen LogP contribution in [0.15, 0.2) is 6.20 Å². The number of alkyl halides is 5. The fourth-order valence-electron chi connectivity index (χ4n) is 1.01. The van der Waals surface area contributed by atoms with Crippen molar-refractivity contribution in [2.45, 2.75) is 12.6 Å². The average Bonchev–Trinajstić information content (AvgIpc) is 2.15. The number of halogens is 6. The Hall–Kier alpha value is -1.24. The molecule has 1 rings (SSSR count). The molecule has 8 heteroatoms. The summed E-state index contributed by atoms with van der Waals surface area (Å²) in [4.78, 5) is 13.2. The predicted molar refractivity (Wildman–Crippen MR) is 44.6 cm³/mol. The third kappa shape index (κ3) is 2.29. The van der Waals surface area contributed by atoms with Gasteiger partial charge in [-0.05, 0) is 0 Å². The third-order valence-corrected chi connectivity index (χ3v) is 2.12. The summed E-state index contributed by atoms with van der Waals surface area (Å²) in [6.45, 7) is 0. The van der Waals surface area contributed by atoms with Crippen LogP contribution in [0.1, 0.15) is 28.0 Å². The summed E-state index contributed by atoms with van der Waals surface area (Å²) < 4.78 is 61.3. The number of aldehydes is 1. The SMILES string of the molecule is O=Cc1c(C(F)(F)F)ncc(C(F)F)c1Cl. The number of hydrogen-bond donors (Lipinski definition) is 0. The topological polar surface area (TPSA) is 30.0 Å². The lowest BCUT2D eigenvalue weighted by atomic mass is 10.1. The van der Waals surface area contributed by atoms with Crippen molar-refractivity contribution in [3.05, 3.63) is 28.0 Å². The van der Waals surface area contributed by atoms with Crippen molar-refractivity contribution in [3.63, 3.8) is 0 Å². The van der Waals surface area contributed by atoms with E-state index in [0.29, 0.717) is 6.20 Å². The molecule has 1 heterocycles. The van der Waals surface area contributed by atoms with Crippen molar-refractivity contribution in [1.82, 2.24) is 4.98 Å². The molecule has 0 amide bonds. The summed E-state index contributed by atoms with van der Waals surface area (Å²) in [5.41, 5.74) is -3.55. The molecule has 0 bridgehead atoms. The fraction of sp³-hybridized carbons (Fsp3) is 0.250. The number of hydrogen-bond acceptors (Lipinski definition) is 2. The number of carbonyl (C=O) groups excluding carboxylic acids is 1. The Morgan fingerprint density at radius 3 is 2.31 bits per heavy atom. The number of rotatable bonds is 2. The minimum Gasteiger partial charge on any atom is -0.298 e. The molecule has 0 saturated heterocycles. The maximum Gasteiger partial charge on any atom is 0.434 e. The van der Waals surface area contributed by atoms with E-state index in [1.54, 1.807) is 0 Å². The molecule has 0 aliphatic rings. The minimum atomic E-state index is -4.92. The Morgan fingerprint density at radius 2 is 1.94 bits per heavy atom. The Kier molecular flexibility index (Phi) is 3.47. The van der Waals surface area contributed by atoms with Crippen LogP contribution in [0.3, 0.4) is 0 Å². The summed E-state index contributed by atoms with van der Waals surface area (Å²) >= 11 is 5.26. The van der Waals surface area contributed by atoms with Gasteiger partial charge in [-0.25, -0.2) is 8.78 Å². The van der Waals surface area contributed by atoms with Crippen molar-refractivity contribution in [2.75, 3.05) is 0 Å². The lowest BCUT2D eigenvalue weighted by Gasteiger charge is -2.11. The van der Waals surface area contributed by atoms with Crippen LogP contribution in [-0.4, -0.2) is 11.3 Å². The zero-order valence-corrected chi connectivity index (χ0v) is 8.11. The molecule has 0 N–H and O–H groups in total. The first-order chi connectivity index (χ1) is 7.29. The molecule has 1 aromatic heterocycles. The average molecular weight is 260 g/mol. The summed E-state index contributed by atoms with van der Waals surface area (Å²) in [5.74, 6) is 0. The Bertz CT molecular complexity index is 418. The molecule has 0 aliphatic heterocycles. The largest absolute Gasteiger partial charge is 0.434 e. The Balaban J connectivity index is 3.47. The highest BCUT2D eigenvalue weighted by atomic mass is 35.5. The van der Waals surface area contributed by atoms with Crippen LogP contribution in [0.25, 0.3) is 0 Å². The van der Waals surface area contributed by atoms with Crippen LogP contribution in [-0.2, 0) is 6.18 Å². The van der Waals surface area contributed by atoms with Crippen molar-refractivity contribution >= 4 is 17.9 Å². The van der Waals surface area contributed by atoms with Crippen LogP contribution in [0, 0.1) is 0 Å². The first-order valence-corrected chi connectivity index (χ1v) is 4.15. The highest BCUT2D eigenvalue weighted by Gasteiger charge is 2.37. The zero-order chi connectivity index (χ0) is 12.5. The van der Waals surface area contributed by atoms with E-state index in [1.165, 1.54) is 0 Å². The predicted octanol–water partition coefficient (Wildman–Crippen LogP) is 3.50. The standard InChI is InChI=1S/C8H3ClF5NO/c9-5-3(7(10)11)1-15-6(4(5)2-16)8(12,13)14/h1-2,7H. The molecule has 0 fully saturated rings. The molecule has 0 spiro atoms. The molecule has 1 aromatic rings. The summed E-state index contributed by atoms with van der Waals surface area (Å²) in [5, 5.41) is -0.924. The van der Waals surface area contributed by atoms with Crippen LogP contribution in [0.5, 0.6) is 0 Å². The van der Waals surface area contributed by atoms with Crippen LogP contribution < -0.4 is 0 Å². The van der Waals surface area contributed by atoms with E-state index >= 15 is 0 Å². The van der Waals surface area contributed by atoms with Crippen LogP contribution >= 0.6 is 11.6 Å². The van der Waals surface area contributed by atoms with Crippen molar-refractivity contribution < 1.29 is 26.7 Å². The van der Waals surface area contributed by atoms with Gasteiger partial charge in [-0.3, -0.25) is 9.78 Å². The number of carbonyl (C=O) groups is 1. The van der Waals surface area contributed by atoms with Gasteiger partial charge in [-0.15, -0.1) is 0 Å². The van der Waals surface area contributed by atoms with Gasteiger partial charge in [0.15, 0.2) is 12.0 Å². The molecular weight excluding hydrogens is 257 g/mol. The van der Waals surface area contributed by atoms with E-state index in [4.69, 9.17) is 11.6 Å². The first kappa shape index (κ1) is 12.8. The van der Waals surface area contributed by atoms with E-state index < -0.39 is 34.4 Å².